The Hall–Kier alpha value is -1.20. The highest BCUT2D eigenvalue weighted by Gasteiger charge is 2.20. The molecule has 0 bridgehead atoms. The van der Waals surface area contributed by atoms with Crippen molar-refractivity contribution < 1.29 is 13.2 Å². The molecule has 0 aliphatic rings. The molecule has 0 aliphatic heterocycles. The summed E-state index contributed by atoms with van der Waals surface area (Å²) in [7, 11) is -3.31. The molecule has 0 amide bonds. The number of rotatable bonds is 7. The van der Waals surface area contributed by atoms with Gasteiger partial charge in [-0.2, -0.15) is 0 Å². The molecule has 0 saturated heterocycles. The van der Waals surface area contributed by atoms with Gasteiger partial charge >= 0.3 is 0 Å². The number of nitrogens with zero attached hydrogens (tertiary/aromatic N) is 1. The van der Waals surface area contributed by atoms with Crippen LogP contribution in [0.1, 0.15) is 30.6 Å². The van der Waals surface area contributed by atoms with Crippen LogP contribution in [0, 0.1) is 0 Å². The molecule has 1 aromatic rings. The first kappa shape index (κ1) is 14.9. The number of sulfonamides is 1. The van der Waals surface area contributed by atoms with Crippen molar-refractivity contribution in [1.82, 2.24) is 4.31 Å². The Morgan fingerprint density at radius 3 is 2.17 bits per heavy atom. The topological polar surface area (TPSA) is 54.5 Å². The van der Waals surface area contributed by atoms with Gasteiger partial charge in [0.2, 0.25) is 10.0 Å². The number of hydrogen-bond donors (Lipinski definition) is 0. The lowest BCUT2D eigenvalue weighted by Gasteiger charge is -2.17. The minimum Gasteiger partial charge on any atom is -0.294 e. The molecule has 0 heterocycles. The summed E-state index contributed by atoms with van der Waals surface area (Å²) >= 11 is 0. The molecule has 100 valence electrons. The van der Waals surface area contributed by atoms with Gasteiger partial charge in [-0.25, -0.2) is 12.7 Å². The lowest BCUT2D eigenvalue weighted by Crippen LogP contribution is -2.33. The molecule has 18 heavy (non-hydrogen) atoms. The maximum atomic E-state index is 11.9. The number of benzene rings is 1. The van der Waals surface area contributed by atoms with Gasteiger partial charge in [0.1, 0.15) is 0 Å². The fourth-order valence-corrected chi connectivity index (χ4v) is 3.22. The van der Waals surface area contributed by atoms with Gasteiger partial charge in [-0.1, -0.05) is 44.2 Å². The zero-order valence-corrected chi connectivity index (χ0v) is 11.6. The van der Waals surface area contributed by atoms with Gasteiger partial charge in [-0.15, -0.1) is 0 Å². The van der Waals surface area contributed by atoms with Crippen molar-refractivity contribution in [3.63, 3.8) is 0 Å². The van der Waals surface area contributed by atoms with E-state index in [9.17, 15) is 13.2 Å². The van der Waals surface area contributed by atoms with Crippen LogP contribution in [-0.4, -0.2) is 37.3 Å². The second kappa shape index (κ2) is 6.66. The molecule has 0 spiro atoms. The monoisotopic (exact) mass is 269 g/mol. The maximum Gasteiger partial charge on any atom is 0.214 e. The largest absolute Gasteiger partial charge is 0.294 e. The Bertz CT molecular complexity index is 478. The van der Waals surface area contributed by atoms with Crippen LogP contribution in [-0.2, 0) is 10.0 Å². The smallest absolute Gasteiger partial charge is 0.214 e. The van der Waals surface area contributed by atoms with Crippen LogP contribution in [0.4, 0.5) is 0 Å². The first-order valence-corrected chi connectivity index (χ1v) is 7.68. The molecular formula is C13H19NO3S. The van der Waals surface area contributed by atoms with E-state index in [-0.39, 0.29) is 18.0 Å². The molecule has 1 aromatic carbocycles. The van der Waals surface area contributed by atoms with Gasteiger partial charge < -0.3 is 0 Å². The van der Waals surface area contributed by atoms with Crippen molar-refractivity contribution in [3.8, 4) is 0 Å². The first-order valence-electron chi connectivity index (χ1n) is 6.07. The van der Waals surface area contributed by atoms with Crippen LogP contribution in [0.3, 0.4) is 0 Å². The molecule has 1 rings (SSSR count). The van der Waals surface area contributed by atoms with Gasteiger partial charge in [-0.3, -0.25) is 4.79 Å². The molecule has 0 aromatic heterocycles. The van der Waals surface area contributed by atoms with E-state index < -0.39 is 10.0 Å². The molecule has 5 heteroatoms. The Morgan fingerprint density at radius 1 is 1.11 bits per heavy atom. The van der Waals surface area contributed by atoms with E-state index in [4.69, 9.17) is 0 Å². The first-order chi connectivity index (χ1) is 8.51. The molecule has 0 aliphatic carbocycles. The Labute approximate surface area is 109 Å². The highest BCUT2D eigenvalue weighted by atomic mass is 32.2. The molecular weight excluding hydrogens is 250 g/mol. The molecule has 0 fully saturated rings. The minimum absolute atomic E-state index is 0.0306. The number of ketones is 1. The summed E-state index contributed by atoms with van der Waals surface area (Å²) in [5.41, 5.74) is 0.562. The third-order valence-electron chi connectivity index (χ3n) is 2.78. The average molecular weight is 269 g/mol. The Morgan fingerprint density at radius 2 is 1.67 bits per heavy atom. The SMILES string of the molecule is CCN(CC)S(=O)(=O)CCC(=O)c1ccccc1. The summed E-state index contributed by atoms with van der Waals surface area (Å²) in [6.45, 7) is 4.47. The van der Waals surface area contributed by atoms with E-state index >= 15 is 0 Å². The van der Waals surface area contributed by atoms with E-state index in [1.165, 1.54) is 4.31 Å². The van der Waals surface area contributed by atoms with Gasteiger partial charge in [0, 0.05) is 25.1 Å². The van der Waals surface area contributed by atoms with E-state index in [1.807, 2.05) is 6.07 Å². The number of carbonyl (C=O) groups is 1. The summed E-state index contributed by atoms with van der Waals surface area (Å²) in [4.78, 5) is 11.8. The lowest BCUT2D eigenvalue weighted by molar-refractivity contribution is 0.0988. The maximum absolute atomic E-state index is 11.9. The van der Waals surface area contributed by atoms with Crippen molar-refractivity contribution in [2.75, 3.05) is 18.8 Å². The third kappa shape index (κ3) is 3.92. The summed E-state index contributed by atoms with van der Waals surface area (Å²) in [5, 5.41) is 0. The predicted molar refractivity (Wildman–Crippen MR) is 72.1 cm³/mol. The summed E-state index contributed by atoms with van der Waals surface area (Å²) in [5.74, 6) is -0.256. The van der Waals surface area contributed by atoms with Crippen molar-refractivity contribution in [3.05, 3.63) is 35.9 Å². The standard InChI is InChI=1S/C13H19NO3S/c1-3-14(4-2)18(16,17)11-10-13(15)12-8-6-5-7-9-12/h5-9H,3-4,10-11H2,1-2H3. The Balaban J connectivity index is 2.63. The number of Topliss-reactive ketones (excluding diaryl/α,β-unsaturated/α-hetero) is 1. The predicted octanol–water partition coefficient (Wildman–Crippen LogP) is 1.93. The fraction of sp³-hybridized carbons (Fsp3) is 0.462. The summed E-state index contributed by atoms with van der Waals surface area (Å²) < 4.78 is 25.2. The van der Waals surface area contributed by atoms with Crippen molar-refractivity contribution in [2.24, 2.45) is 0 Å². The van der Waals surface area contributed by atoms with Crippen LogP contribution >= 0.6 is 0 Å². The Kier molecular flexibility index (Phi) is 5.50. The second-order valence-corrected chi connectivity index (χ2v) is 6.03. The molecule has 0 unspecified atom stereocenters. The number of hydrogen-bond acceptors (Lipinski definition) is 3. The second-order valence-electron chi connectivity index (χ2n) is 3.94. The van der Waals surface area contributed by atoms with E-state index in [0.717, 1.165) is 0 Å². The summed E-state index contributed by atoms with van der Waals surface area (Å²) in [6.07, 6.45) is 0.0306. The summed E-state index contributed by atoms with van der Waals surface area (Å²) in [6, 6.07) is 8.76. The van der Waals surface area contributed by atoms with Crippen LogP contribution in [0.5, 0.6) is 0 Å². The van der Waals surface area contributed by atoms with Crippen molar-refractivity contribution in [1.29, 1.82) is 0 Å². The molecule has 0 atom stereocenters. The van der Waals surface area contributed by atoms with Gasteiger partial charge in [0.15, 0.2) is 5.78 Å². The average Bonchev–Trinajstić information content (AvgIpc) is 2.38. The van der Waals surface area contributed by atoms with Gasteiger partial charge in [0.25, 0.3) is 0 Å². The quantitative estimate of drug-likeness (QED) is 0.711. The van der Waals surface area contributed by atoms with Crippen molar-refractivity contribution >= 4 is 15.8 Å². The van der Waals surface area contributed by atoms with Gasteiger partial charge in [-0.05, 0) is 0 Å². The number of carbonyl (C=O) groups excluding carboxylic acids is 1. The van der Waals surface area contributed by atoms with E-state index in [2.05, 4.69) is 0 Å². The van der Waals surface area contributed by atoms with Crippen LogP contribution in [0.15, 0.2) is 30.3 Å². The molecule has 0 N–H and O–H groups in total. The highest BCUT2D eigenvalue weighted by Crippen LogP contribution is 2.07. The normalized spacial score (nSPS) is 11.7. The van der Waals surface area contributed by atoms with Crippen LogP contribution in [0.25, 0.3) is 0 Å². The van der Waals surface area contributed by atoms with Crippen LogP contribution < -0.4 is 0 Å². The zero-order valence-electron chi connectivity index (χ0n) is 10.8. The van der Waals surface area contributed by atoms with E-state index in [1.54, 1.807) is 38.1 Å². The lowest BCUT2D eigenvalue weighted by atomic mass is 10.1. The molecule has 0 radical (unpaired) electrons. The molecule has 0 saturated carbocycles. The fourth-order valence-electron chi connectivity index (χ4n) is 1.74. The van der Waals surface area contributed by atoms with E-state index in [0.29, 0.717) is 18.7 Å². The highest BCUT2D eigenvalue weighted by molar-refractivity contribution is 7.89. The zero-order chi connectivity index (χ0) is 13.6. The van der Waals surface area contributed by atoms with Crippen molar-refractivity contribution in [2.45, 2.75) is 20.3 Å². The molecule has 4 nitrogen and oxygen atoms in total. The van der Waals surface area contributed by atoms with Crippen LogP contribution in [0.2, 0.25) is 0 Å². The van der Waals surface area contributed by atoms with Gasteiger partial charge in [0.05, 0.1) is 5.75 Å². The minimum atomic E-state index is -3.31. The third-order valence-corrected chi connectivity index (χ3v) is 4.80.